The number of hydrogen-bond donors (Lipinski definition) is 2. The lowest BCUT2D eigenvalue weighted by molar-refractivity contribution is -0.145. The monoisotopic (exact) mass is 393 g/mol. The van der Waals surface area contributed by atoms with Gasteiger partial charge in [0.15, 0.2) is 0 Å². The van der Waals surface area contributed by atoms with E-state index in [9.17, 15) is 18.0 Å². The Labute approximate surface area is 158 Å². The smallest absolute Gasteiger partial charge is 0.328 e. The molecular formula is C18H23N3O5S. The van der Waals surface area contributed by atoms with E-state index in [1.807, 2.05) is 13.8 Å². The summed E-state index contributed by atoms with van der Waals surface area (Å²) in [6.07, 6.45) is 1.89. The second kappa shape index (κ2) is 8.92. The van der Waals surface area contributed by atoms with Crippen LogP contribution in [-0.4, -0.2) is 45.0 Å². The number of aromatic nitrogens is 1. The number of pyridine rings is 1. The minimum Gasteiger partial charge on any atom is -0.467 e. The minimum absolute atomic E-state index is 0.0138. The lowest BCUT2D eigenvalue weighted by Gasteiger charge is -2.18. The first-order valence-corrected chi connectivity index (χ1v) is 9.93. The summed E-state index contributed by atoms with van der Waals surface area (Å²) in [5.41, 5.74) is 0.320. The van der Waals surface area contributed by atoms with Gasteiger partial charge in [0.2, 0.25) is 15.9 Å². The van der Waals surface area contributed by atoms with Crippen molar-refractivity contribution in [2.75, 3.05) is 13.7 Å². The molecule has 0 aliphatic carbocycles. The number of nitrogens with zero attached hydrogens (tertiary/aromatic N) is 1. The number of rotatable bonds is 8. The third-order valence-corrected chi connectivity index (χ3v) is 5.27. The molecule has 0 spiro atoms. The highest BCUT2D eigenvalue weighted by Crippen LogP contribution is 2.20. The van der Waals surface area contributed by atoms with Gasteiger partial charge in [-0.2, -0.15) is 0 Å². The number of nitrogens with one attached hydrogen (secondary N) is 2. The Balaban J connectivity index is 2.09. The van der Waals surface area contributed by atoms with Gasteiger partial charge in [-0.05, 0) is 24.5 Å². The van der Waals surface area contributed by atoms with Gasteiger partial charge >= 0.3 is 5.97 Å². The number of amides is 1. The van der Waals surface area contributed by atoms with Gasteiger partial charge in [-0.3, -0.25) is 9.78 Å². The van der Waals surface area contributed by atoms with E-state index < -0.39 is 34.5 Å². The van der Waals surface area contributed by atoms with Gasteiger partial charge in [0.05, 0.1) is 19.2 Å². The van der Waals surface area contributed by atoms with Crippen molar-refractivity contribution in [3.8, 4) is 0 Å². The number of ether oxygens (including phenoxy) is 1. The molecule has 2 aromatic rings. The van der Waals surface area contributed by atoms with E-state index in [4.69, 9.17) is 0 Å². The fourth-order valence-corrected chi connectivity index (χ4v) is 3.76. The highest BCUT2D eigenvalue weighted by atomic mass is 32.2. The number of benzene rings is 1. The average molecular weight is 393 g/mol. The predicted molar refractivity (Wildman–Crippen MR) is 100 cm³/mol. The molecular weight excluding hydrogens is 370 g/mol. The van der Waals surface area contributed by atoms with E-state index in [0.717, 1.165) is 0 Å². The summed E-state index contributed by atoms with van der Waals surface area (Å²) in [4.78, 5) is 28.0. The van der Waals surface area contributed by atoms with Gasteiger partial charge in [-0.1, -0.05) is 32.0 Å². The predicted octanol–water partition coefficient (Wildman–Crippen LogP) is 1.22. The number of sulfonamides is 1. The van der Waals surface area contributed by atoms with E-state index in [1.54, 1.807) is 24.3 Å². The lowest BCUT2D eigenvalue weighted by Crippen LogP contribution is -2.46. The van der Waals surface area contributed by atoms with Crippen LogP contribution in [0.4, 0.5) is 0 Å². The maximum absolute atomic E-state index is 12.6. The number of carbonyl (C=O) groups excluding carboxylic acids is 2. The largest absolute Gasteiger partial charge is 0.467 e. The quantitative estimate of drug-likeness (QED) is 0.652. The van der Waals surface area contributed by atoms with Crippen LogP contribution in [0.3, 0.4) is 0 Å². The fourth-order valence-electron chi connectivity index (χ4n) is 2.60. The van der Waals surface area contributed by atoms with Gasteiger partial charge in [0, 0.05) is 11.6 Å². The number of esters is 1. The van der Waals surface area contributed by atoms with Crippen LogP contribution in [0.2, 0.25) is 0 Å². The molecule has 27 heavy (non-hydrogen) atoms. The highest BCUT2D eigenvalue weighted by molar-refractivity contribution is 7.89. The number of para-hydroxylation sites is 1. The molecule has 1 aromatic heterocycles. The molecule has 1 atom stereocenters. The molecule has 0 saturated carbocycles. The van der Waals surface area contributed by atoms with Gasteiger partial charge < -0.3 is 10.1 Å². The summed E-state index contributed by atoms with van der Waals surface area (Å²) in [5.74, 6) is -1.05. The summed E-state index contributed by atoms with van der Waals surface area (Å²) in [6.45, 7) is 3.30. The average Bonchev–Trinajstić information content (AvgIpc) is 2.64. The summed E-state index contributed by atoms with van der Waals surface area (Å²) in [6, 6.07) is 7.41. The molecule has 0 bridgehead atoms. The van der Waals surface area contributed by atoms with Crippen LogP contribution >= 0.6 is 0 Å². The number of methoxy groups -OCH3 is 1. The molecule has 0 aliphatic heterocycles. The maximum atomic E-state index is 12.6. The second-order valence-electron chi connectivity index (χ2n) is 6.43. The van der Waals surface area contributed by atoms with Crippen LogP contribution in [0.1, 0.15) is 20.3 Å². The zero-order valence-corrected chi connectivity index (χ0v) is 16.2. The molecule has 0 saturated heterocycles. The summed E-state index contributed by atoms with van der Waals surface area (Å²) < 4.78 is 32.1. The van der Waals surface area contributed by atoms with Crippen molar-refractivity contribution in [2.24, 2.45) is 5.92 Å². The van der Waals surface area contributed by atoms with Crippen LogP contribution in [-0.2, 0) is 24.3 Å². The molecule has 146 valence electrons. The molecule has 1 aromatic carbocycles. The number of fused-ring (bicyclic) bond motifs is 1. The van der Waals surface area contributed by atoms with Crippen LogP contribution < -0.4 is 10.0 Å². The van der Waals surface area contributed by atoms with Gasteiger partial charge in [0.25, 0.3) is 0 Å². The summed E-state index contributed by atoms with van der Waals surface area (Å²) in [7, 11) is -2.72. The third-order valence-electron chi connectivity index (χ3n) is 3.84. The molecule has 8 nitrogen and oxygen atoms in total. The summed E-state index contributed by atoms with van der Waals surface area (Å²) >= 11 is 0. The SMILES string of the molecule is COC(=O)C(CC(C)C)NC(=O)CNS(=O)(=O)c1cccc2cccnc12. The molecule has 2 rings (SSSR count). The van der Waals surface area contributed by atoms with Crippen molar-refractivity contribution < 1.29 is 22.7 Å². The molecule has 1 unspecified atom stereocenters. The first kappa shape index (κ1) is 20.8. The topological polar surface area (TPSA) is 114 Å². The lowest BCUT2D eigenvalue weighted by atomic mass is 10.0. The molecule has 0 radical (unpaired) electrons. The highest BCUT2D eigenvalue weighted by Gasteiger charge is 2.24. The standard InChI is InChI=1S/C18H23N3O5S/c1-12(2)10-14(18(23)26-3)21-16(22)11-20-27(24,25)15-8-4-6-13-7-5-9-19-17(13)15/h4-9,12,14,20H,10-11H2,1-3H3,(H,21,22). The van der Waals surface area contributed by atoms with Gasteiger partial charge in [-0.25, -0.2) is 17.9 Å². The Hall–Kier alpha value is -2.52. The molecule has 0 aliphatic rings. The Morgan fingerprint density at radius 3 is 2.56 bits per heavy atom. The first-order valence-electron chi connectivity index (χ1n) is 8.45. The Kier molecular flexibility index (Phi) is 6.86. The summed E-state index contributed by atoms with van der Waals surface area (Å²) in [5, 5.41) is 3.18. The van der Waals surface area contributed by atoms with Crippen molar-refractivity contribution in [3.63, 3.8) is 0 Å². The van der Waals surface area contributed by atoms with Crippen molar-refractivity contribution in [1.29, 1.82) is 0 Å². The Bertz CT molecular complexity index is 922. The van der Waals surface area contributed by atoms with Crippen LogP contribution in [0.5, 0.6) is 0 Å². The van der Waals surface area contributed by atoms with E-state index in [-0.39, 0.29) is 10.8 Å². The minimum atomic E-state index is -3.96. The Morgan fingerprint density at radius 2 is 1.89 bits per heavy atom. The first-order chi connectivity index (χ1) is 12.7. The van der Waals surface area contributed by atoms with Crippen LogP contribution in [0, 0.1) is 5.92 Å². The van der Waals surface area contributed by atoms with Crippen molar-refractivity contribution in [2.45, 2.75) is 31.2 Å². The van der Waals surface area contributed by atoms with Gasteiger partial charge in [0.1, 0.15) is 10.9 Å². The van der Waals surface area contributed by atoms with Crippen molar-refractivity contribution in [3.05, 3.63) is 36.5 Å². The van der Waals surface area contributed by atoms with Crippen molar-refractivity contribution >= 4 is 32.8 Å². The zero-order chi connectivity index (χ0) is 20.0. The van der Waals surface area contributed by atoms with E-state index in [2.05, 4.69) is 19.8 Å². The van der Waals surface area contributed by atoms with Crippen LogP contribution in [0.15, 0.2) is 41.4 Å². The molecule has 0 fully saturated rings. The number of carbonyl (C=O) groups is 2. The van der Waals surface area contributed by atoms with Crippen LogP contribution in [0.25, 0.3) is 10.9 Å². The molecule has 2 N–H and O–H groups in total. The molecule has 1 amide bonds. The zero-order valence-electron chi connectivity index (χ0n) is 15.4. The third kappa shape index (κ3) is 5.48. The maximum Gasteiger partial charge on any atom is 0.328 e. The van der Waals surface area contributed by atoms with E-state index in [1.165, 1.54) is 19.4 Å². The van der Waals surface area contributed by atoms with E-state index in [0.29, 0.717) is 17.3 Å². The molecule has 9 heteroatoms. The Morgan fingerprint density at radius 1 is 1.19 bits per heavy atom. The number of hydrogen-bond acceptors (Lipinski definition) is 6. The normalized spacial score (nSPS) is 12.7. The fraction of sp³-hybridized carbons (Fsp3) is 0.389. The molecule has 1 heterocycles. The van der Waals surface area contributed by atoms with Crippen molar-refractivity contribution in [1.82, 2.24) is 15.0 Å². The van der Waals surface area contributed by atoms with Gasteiger partial charge in [-0.15, -0.1) is 0 Å². The second-order valence-corrected chi connectivity index (χ2v) is 8.16. The van der Waals surface area contributed by atoms with E-state index >= 15 is 0 Å².